The maximum atomic E-state index is 12.2. The Balaban J connectivity index is 1.95. The zero-order valence-electron chi connectivity index (χ0n) is 10.7. The molecule has 1 aliphatic carbocycles. The lowest BCUT2D eigenvalue weighted by atomic mass is 9.89. The molecular weight excluding hydrogens is 292 g/mol. The number of carbonyl (C=O) groups is 1. The summed E-state index contributed by atoms with van der Waals surface area (Å²) in [5.74, 6) is 0.738. The van der Waals surface area contributed by atoms with Gasteiger partial charge in [0, 0.05) is 30.5 Å². The number of nitrogens with zero attached hydrogens (tertiary/aromatic N) is 2. The monoisotopic (exact) mass is 310 g/mol. The van der Waals surface area contributed by atoms with E-state index in [1.165, 1.54) is 32.1 Å². The molecule has 0 aromatic carbocycles. The van der Waals surface area contributed by atoms with Gasteiger partial charge in [-0.3, -0.25) is 9.78 Å². The number of halogens is 1. The number of rotatable bonds is 3. The highest BCUT2D eigenvalue weighted by atomic mass is 79.9. The summed E-state index contributed by atoms with van der Waals surface area (Å²) in [5.41, 5.74) is 0.655. The van der Waals surface area contributed by atoms with Crippen LogP contribution in [0.3, 0.4) is 0 Å². The number of hydrogen-bond donors (Lipinski definition) is 0. The molecule has 1 aromatic heterocycles. The predicted octanol–water partition coefficient (Wildman–Crippen LogP) is 3.50. The van der Waals surface area contributed by atoms with E-state index in [1.54, 1.807) is 12.4 Å². The van der Waals surface area contributed by atoms with Gasteiger partial charge in [0.2, 0.25) is 0 Å². The molecule has 4 heteroatoms. The minimum absolute atomic E-state index is 0.0642. The van der Waals surface area contributed by atoms with Gasteiger partial charge < -0.3 is 4.90 Å². The van der Waals surface area contributed by atoms with Gasteiger partial charge in [-0.2, -0.15) is 0 Å². The molecule has 1 aliphatic rings. The molecule has 0 bridgehead atoms. The van der Waals surface area contributed by atoms with Gasteiger partial charge in [-0.15, -0.1) is 0 Å². The maximum absolute atomic E-state index is 12.2. The van der Waals surface area contributed by atoms with Crippen LogP contribution in [0.5, 0.6) is 0 Å². The molecule has 3 nitrogen and oxygen atoms in total. The average molecular weight is 311 g/mol. The summed E-state index contributed by atoms with van der Waals surface area (Å²) in [7, 11) is 1.89. The van der Waals surface area contributed by atoms with E-state index < -0.39 is 0 Å². The standard InChI is InChI=1S/C14H19BrN2O/c1-17(10-11-5-3-2-4-6-11)14(18)12-7-13(15)9-16-8-12/h7-9,11H,2-6,10H2,1H3. The Hall–Kier alpha value is -0.900. The third kappa shape index (κ3) is 3.55. The molecule has 0 aliphatic heterocycles. The van der Waals surface area contributed by atoms with Crippen molar-refractivity contribution in [1.82, 2.24) is 9.88 Å². The number of hydrogen-bond acceptors (Lipinski definition) is 2. The summed E-state index contributed by atoms with van der Waals surface area (Å²) < 4.78 is 0.847. The fourth-order valence-electron chi connectivity index (χ4n) is 2.59. The second-order valence-corrected chi connectivity index (χ2v) is 6.00. The summed E-state index contributed by atoms with van der Waals surface area (Å²) in [6.07, 6.45) is 9.81. The smallest absolute Gasteiger partial charge is 0.255 e. The molecule has 1 amide bonds. The van der Waals surface area contributed by atoms with Crippen LogP contribution in [-0.2, 0) is 0 Å². The van der Waals surface area contributed by atoms with Crippen molar-refractivity contribution in [3.05, 3.63) is 28.5 Å². The van der Waals surface area contributed by atoms with Crippen LogP contribution in [0.1, 0.15) is 42.5 Å². The van der Waals surface area contributed by atoms with Crippen molar-refractivity contribution in [1.29, 1.82) is 0 Å². The van der Waals surface area contributed by atoms with Gasteiger partial charge in [-0.1, -0.05) is 19.3 Å². The van der Waals surface area contributed by atoms with E-state index in [0.717, 1.165) is 11.0 Å². The Kier molecular flexibility index (Phi) is 4.75. The second kappa shape index (κ2) is 6.32. The van der Waals surface area contributed by atoms with Gasteiger partial charge in [0.1, 0.15) is 0 Å². The minimum Gasteiger partial charge on any atom is -0.341 e. The summed E-state index contributed by atoms with van der Waals surface area (Å²) in [5, 5.41) is 0. The van der Waals surface area contributed by atoms with Crippen LogP contribution < -0.4 is 0 Å². The lowest BCUT2D eigenvalue weighted by molar-refractivity contribution is 0.0760. The van der Waals surface area contributed by atoms with Crippen molar-refractivity contribution >= 4 is 21.8 Å². The van der Waals surface area contributed by atoms with Crippen molar-refractivity contribution in [2.45, 2.75) is 32.1 Å². The molecule has 0 saturated heterocycles. The highest BCUT2D eigenvalue weighted by Crippen LogP contribution is 2.24. The zero-order chi connectivity index (χ0) is 13.0. The Bertz CT molecular complexity index is 416. The number of aromatic nitrogens is 1. The van der Waals surface area contributed by atoms with E-state index in [9.17, 15) is 4.79 Å². The highest BCUT2D eigenvalue weighted by molar-refractivity contribution is 9.10. The van der Waals surface area contributed by atoms with Crippen molar-refractivity contribution in [3.8, 4) is 0 Å². The fourth-order valence-corrected chi connectivity index (χ4v) is 2.95. The Morgan fingerprint density at radius 1 is 1.39 bits per heavy atom. The molecule has 2 rings (SSSR count). The molecule has 0 spiro atoms. The number of amides is 1. The Morgan fingerprint density at radius 2 is 2.11 bits per heavy atom. The van der Waals surface area contributed by atoms with E-state index in [0.29, 0.717) is 11.5 Å². The van der Waals surface area contributed by atoms with Gasteiger partial charge in [0.05, 0.1) is 5.56 Å². The molecule has 0 atom stereocenters. The lowest BCUT2D eigenvalue weighted by Crippen LogP contribution is -2.32. The van der Waals surface area contributed by atoms with E-state index in [4.69, 9.17) is 0 Å². The topological polar surface area (TPSA) is 33.2 Å². The Morgan fingerprint density at radius 3 is 2.78 bits per heavy atom. The fraction of sp³-hybridized carbons (Fsp3) is 0.571. The van der Waals surface area contributed by atoms with Gasteiger partial charge in [-0.25, -0.2) is 0 Å². The summed E-state index contributed by atoms with van der Waals surface area (Å²) in [4.78, 5) is 18.1. The first-order chi connectivity index (χ1) is 8.66. The lowest BCUT2D eigenvalue weighted by Gasteiger charge is -2.27. The number of pyridine rings is 1. The largest absolute Gasteiger partial charge is 0.341 e. The van der Waals surface area contributed by atoms with Crippen molar-refractivity contribution in [2.75, 3.05) is 13.6 Å². The van der Waals surface area contributed by atoms with Crippen molar-refractivity contribution in [2.24, 2.45) is 5.92 Å². The molecule has 0 radical (unpaired) electrons. The first-order valence-electron chi connectivity index (χ1n) is 6.53. The summed E-state index contributed by atoms with van der Waals surface area (Å²) in [6.45, 7) is 0.866. The molecule has 1 fully saturated rings. The van der Waals surface area contributed by atoms with Crippen LogP contribution >= 0.6 is 15.9 Å². The number of carbonyl (C=O) groups excluding carboxylic acids is 1. The molecule has 0 N–H and O–H groups in total. The van der Waals surface area contributed by atoms with Gasteiger partial charge in [-0.05, 0) is 40.8 Å². The molecule has 1 aromatic rings. The first kappa shape index (κ1) is 13.5. The van der Waals surface area contributed by atoms with Gasteiger partial charge in [0.15, 0.2) is 0 Å². The first-order valence-corrected chi connectivity index (χ1v) is 7.32. The van der Waals surface area contributed by atoms with Crippen LogP contribution in [0.25, 0.3) is 0 Å². The van der Waals surface area contributed by atoms with Crippen LogP contribution in [-0.4, -0.2) is 29.4 Å². The zero-order valence-corrected chi connectivity index (χ0v) is 12.3. The molecular formula is C14H19BrN2O. The van der Waals surface area contributed by atoms with Crippen LogP contribution in [0.4, 0.5) is 0 Å². The van der Waals surface area contributed by atoms with E-state index in [-0.39, 0.29) is 5.91 Å². The molecule has 98 valence electrons. The van der Waals surface area contributed by atoms with E-state index >= 15 is 0 Å². The Labute approximate surface area is 117 Å². The van der Waals surface area contributed by atoms with Gasteiger partial charge in [0.25, 0.3) is 5.91 Å². The van der Waals surface area contributed by atoms with Gasteiger partial charge >= 0.3 is 0 Å². The minimum atomic E-state index is 0.0642. The third-order valence-electron chi connectivity index (χ3n) is 3.56. The SMILES string of the molecule is CN(CC1CCCCC1)C(=O)c1cncc(Br)c1. The van der Waals surface area contributed by atoms with Crippen LogP contribution in [0, 0.1) is 5.92 Å². The normalized spacial score (nSPS) is 16.6. The summed E-state index contributed by atoms with van der Waals surface area (Å²) in [6, 6.07) is 1.83. The predicted molar refractivity (Wildman–Crippen MR) is 75.5 cm³/mol. The molecule has 1 saturated carbocycles. The summed E-state index contributed by atoms with van der Waals surface area (Å²) >= 11 is 3.34. The maximum Gasteiger partial charge on any atom is 0.255 e. The quantitative estimate of drug-likeness (QED) is 0.856. The second-order valence-electron chi connectivity index (χ2n) is 5.08. The molecule has 0 unspecified atom stereocenters. The average Bonchev–Trinajstić information content (AvgIpc) is 2.39. The van der Waals surface area contributed by atoms with Crippen LogP contribution in [0.2, 0.25) is 0 Å². The third-order valence-corrected chi connectivity index (χ3v) is 3.99. The van der Waals surface area contributed by atoms with E-state index in [1.807, 2.05) is 18.0 Å². The van der Waals surface area contributed by atoms with Crippen molar-refractivity contribution < 1.29 is 4.79 Å². The molecule has 18 heavy (non-hydrogen) atoms. The highest BCUT2D eigenvalue weighted by Gasteiger charge is 2.19. The van der Waals surface area contributed by atoms with E-state index in [2.05, 4.69) is 20.9 Å². The van der Waals surface area contributed by atoms with Crippen LogP contribution in [0.15, 0.2) is 22.9 Å². The van der Waals surface area contributed by atoms with Crippen molar-refractivity contribution in [3.63, 3.8) is 0 Å². The molecule has 1 heterocycles.